The molecule has 1 rings (SSSR count). The van der Waals surface area contributed by atoms with Crippen LogP contribution in [0.25, 0.3) is 0 Å². The summed E-state index contributed by atoms with van der Waals surface area (Å²) in [5.41, 5.74) is 0. The van der Waals surface area contributed by atoms with Gasteiger partial charge in [-0.1, -0.05) is 19.9 Å². The van der Waals surface area contributed by atoms with E-state index in [1.54, 1.807) is 17.5 Å². The highest BCUT2D eigenvalue weighted by Gasteiger charge is 2.12. The van der Waals surface area contributed by atoms with Crippen molar-refractivity contribution in [2.24, 2.45) is 5.92 Å². The molecule has 0 atom stereocenters. The number of thiophene rings is 1. The summed E-state index contributed by atoms with van der Waals surface area (Å²) in [7, 11) is 0. The molecule has 0 radical (unpaired) electrons. The molecule has 1 heterocycles. The average molecular weight is 284 g/mol. The molecule has 6 nitrogen and oxygen atoms in total. The maximum absolute atomic E-state index is 11.4. The van der Waals surface area contributed by atoms with Gasteiger partial charge in [0.25, 0.3) is 5.91 Å². The van der Waals surface area contributed by atoms with Crippen LogP contribution in [-0.2, 0) is 9.53 Å². The minimum Gasteiger partial charge on any atom is -0.451 e. The van der Waals surface area contributed by atoms with Crippen molar-refractivity contribution in [3.8, 4) is 0 Å². The molecule has 7 heteroatoms. The number of carbonyl (C=O) groups is 3. The Morgan fingerprint density at radius 2 is 2.11 bits per heavy atom. The number of carbonyl (C=O) groups excluding carboxylic acids is 3. The average Bonchev–Trinajstić information content (AvgIpc) is 2.87. The molecule has 0 unspecified atom stereocenters. The zero-order valence-electron chi connectivity index (χ0n) is 10.8. The summed E-state index contributed by atoms with van der Waals surface area (Å²) in [5, 5.41) is 6.32. The second kappa shape index (κ2) is 7.52. The van der Waals surface area contributed by atoms with Gasteiger partial charge in [-0.3, -0.25) is 10.1 Å². The van der Waals surface area contributed by atoms with Crippen molar-refractivity contribution in [2.75, 3.05) is 13.2 Å². The van der Waals surface area contributed by atoms with Gasteiger partial charge in [0, 0.05) is 6.54 Å². The van der Waals surface area contributed by atoms with Crippen molar-refractivity contribution in [3.05, 3.63) is 22.4 Å². The van der Waals surface area contributed by atoms with Crippen molar-refractivity contribution >= 4 is 29.2 Å². The molecular weight excluding hydrogens is 268 g/mol. The Morgan fingerprint density at radius 3 is 2.68 bits per heavy atom. The molecule has 1 aromatic heterocycles. The number of amides is 3. The molecule has 1 aromatic rings. The number of rotatable bonds is 5. The zero-order valence-corrected chi connectivity index (χ0v) is 11.6. The van der Waals surface area contributed by atoms with Gasteiger partial charge in [-0.25, -0.2) is 9.59 Å². The molecule has 104 valence electrons. The number of esters is 1. The SMILES string of the molecule is CC(C)CNC(=O)NC(=O)COC(=O)c1cccs1. The van der Waals surface area contributed by atoms with Crippen LogP contribution in [0.1, 0.15) is 23.5 Å². The first-order chi connectivity index (χ1) is 8.99. The molecule has 0 aliphatic carbocycles. The lowest BCUT2D eigenvalue weighted by Gasteiger charge is -2.08. The summed E-state index contributed by atoms with van der Waals surface area (Å²) in [6, 6.07) is 2.71. The lowest BCUT2D eigenvalue weighted by molar-refractivity contribution is -0.123. The topological polar surface area (TPSA) is 84.5 Å². The Morgan fingerprint density at radius 1 is 1.37 bits per heavy atom. The van der Waals surface area contributed by atoms with Crippen LogP contribution in [0.15, 0.2) is 17.5 Å². The van der Waals surface area contributed by atoms with Crippen molar-refractivity contribution in [1.82, 2.24) is 10.6 Å². The summed E-state index contributed by atoms with van der Waals surface area (Å²) in [5.74, 6) is -0.948. The van der Waals surface area contributed by atoms with Crippen molar-refractivity contribution in [2.45, 2.75) is 13.8 Å². The van der Waals surface area contributed by atoms with E-state index in [0.29, 0.717) is 11.4 Å². The maximum Gasteiger partial charge on any atom is 0.348 e. The largest absolute Gasteiger partial charge is 0.451 e. The van der Waals surface area contributed by atoms with Crippen LogP contribution in [-0.4, -0.2) is 31.1 Å². The van der Waals surface area contributed by atoms with Crippen LogP contribution in [0.2, 0.25) is 0 Å². The fourth-order valence-corrected chi connectivity index (χ4v) is 1.72. The fourth-order valence-electron chi connectivity index (χ4n) is 1.10. The minimum atomic E-state index is -0.661. The van der Waals surface area contributed by atoms with E-state index in [1.807, 2.05) is 13.8 Å². The number of urea groups is 1. The van der Waals surface area contributed by atoms with E-state index in [4.69, 9.17) is 4.74 Å². The molecule has 0 fully saturated rings. The first-order valence-electron chi connectivity index (χ1n) is 5.77. The minimum absolute atomic E-state index is 0.289. The number of hydrogen-bond acceptors (Lipinski definition) is 5. The lowest BCUT2D eigenvalue weighted by Crippen LogP contribution is -2.42. The van der Waals surface area contributed by atoms with Crippen molar-refractivity contribution < 1.29 is 19.1 Å². The fraction of sp³-hybridized carbons (Fsp3) is 0.417. The quantitative estimate of drug-likeness (QED) is 0.800. The molecule has 0 bridgehead atoms. The summed E-state index contributed by atoms with van der Waals surface area (Å²) < 4.78 is 4.75. The van der Waals surface area contributed by atoms with E-state index in [-0.39, 0.29) is 5.92 Å². The van der Waals surface area contributed by atoms with E-state index in [9.17, 15) is 14.4 Å². The summed E-state index contributed by atoms with van der Waals surface area (Å²) in [6.07, 6.45) is 0. The highest BCUT2D eigenvalue weighted by molar-refractivity contribution is 7.11. The van der Waals surface area contributed by atoms with Gasteiger partial charge in [-0.15, -0.1) is 11.3 Å². The molecule has 0 saturated heterocycles. The van der Waals surface area contributed by atoms with Gasteiger partial charge in [0.05, 0.1) is 0 Å². The van der Waals surface area contributed by atoms with Crippen molar-refractivity contribution in [3.63, 3.8) is 0 Å². The number of ether oxygens (including phenoxy) is 1. The summed E-state index contributed by atoms with van der Waals surface area (Å²) in [6.45, 7) is 3.86. The lowest BCUT2D eigenvalue weighted by atomic mass is 10.2. The van der Waals surface area contributed by atoms with E-state index < -0.39 is 24.5 Å². The monoisotopic (exact) mass is 284 g/mol. The molecular formula is C12H16N2O4S. The molecule has 0 aromatic carbocycles. The highest BCUT2D eigenvalue weighted by atomic mass is 32.1. The van der Waals surface area contributed by atoms with Gasteiger partial charge < -0.3 is 10.1 Å². The Labute approximate surface area is 115 Å². The molecule has 19 heavy (non-hydrogen) atoms. The molecule has 0 spiro atoms. The van der Waals surface area contributed by atoms with Gasteiger partial charge in [0.15, 0.2) is 6.61 Å². The van der Waals surface area contributed by atoms with Gasteiger partial charge in [-0.05, 0) is 17.4 Å². The normalized spacial score (nSPS) is 10.1. The Bertz CT molecular complexity index is 443. The predicted octanol–water partition coefficient (Wildman–Crippen LogP) is 1.39. The Balaban J connectivity index is 2.24. The third-order valence-electron chi connectivity index (χ3n) is 1.98. The summed E-state index contributed by atoms with van der Waals surface area (Å²) >= 11 is 1.22. The van der Waals surface area contributed by atoms with Crippen LogP contribution < -0.4 is 10.6 Å². The third kappa shape index (κ3) is 6.01. The number of imide groups is 1. The molecule has 0 saturated carbocycles. The van der Waals surface area contributed by atoms with Gasteiger partial charge in [0.1, 0.15) is 4.88 Å². The predicted molar refractivity (Wildman–Crippen MR) is 71.0 cm³/mol. The molecule has 0 aliphatic heterocycles. The third-order valence-corrected chi connectivity index (χ3v) is 2.83. The second-order valence-corrected chi connectivity index (χ2v) is 5.15. The molecule has 2 N–H and O–H groups in total. The first kappa shape index (κ1) is 15.2. The van der Waals surface area contributed by atoms with Crippen LogP contribution in [0.4, 0.5) is 4.79 Å². The van der Waals surface area contributed by atoms with E-state index >= 15 is 0 Å². The van der Waals surface area contributed by atoms with Gasteiger partial charge in [-0.2, -0.15) is 0 Å². The van der Waals surface area contributed by atoms with Gasteiger partial charge in [0.2, 0.25) is 0 Å². The van der Waals surface area contributed by atoms with Crippen LogP contribution in [0.5, 0.6) is 0 Å². The van der Waals surface area contributed by atoms with E-state index in [2.05, 4.69) is 10.6 Å². The molecule has 0 aliphatic rings. The highest BCUT2D eigenvalue weighted by Crippen LogP contribution is 2.09. The van der Waals surface area contributed by atoms with E-state index in [0.717, 1.165) is 0 Å². The van der Waals surface area contributed by atoms with Crippen LogP contribution >= 0.6 is 11.3 Å². The van der Waals surface area contributed by atoms with E-state index in [1.165, 1.54) is 11.3 Å². The second-order valence-electron chi connectivity index (χ2n) is 4.21. The first-order valence-corrected chi connectivity index (χ1v) is 6.65. The zero-order chi connectivity index (χ0) is 14.3. The Hall–Kier alpha value is -1.89. The number of hydrogen-bond donors (Lipinski definition) is 2. The standard InChI is InChI=1S/C12H16N2O4S/c1-8(2)6-13-12(17)14-10(15)7-18-11(16)9-4-3-5-19-9/h3-5,8H,6-7H2,1-2H3,(H2,13,14,15,17). The maximum atomic E-state index is 11.4. The van der Waals surface area contributed by atoms with Crippen LogP contribution in [0, 0.1) is 5.92 Å². The van der Waals surface area contributed by atoms with Gasteiger partial charge >= 0.3 is 12.0 Å². The summed E-state index contributed by atoms with van der Waals surface area (Å²) in [4.78, 5) is 34.4. The Kier molecular flexibility index (Phi) is 6.01. The molecule has 3 amide bonds. The van der Waals surface area contributed by atoms with Crippen molar-refractivity contribution in [1.29, 1.82) is 0 Å². The smallest absolute Gasteiger partial charge is 0.348 e. The van der Waals surface area contributed by atoms with Crippen LogP contribution in [0.3, 0.4) is 0 Å². The number of nitrogens with one attached hydrogen (secondary N) is 2.